The predicted molar refractivity (Wildman–Crippen MR) is 128 cm³/mol. The van der Waals surface area contributed by atoms with Crippen molar-refractivity contribution in [3.63, 3.8) is 0 Å². The van der Waals surface area contributed by atoms with Gasteiger partial charge in [-0.25, -0.2) is 4.79 Å². The van der Waals surface area contributed by atoms with Crippen molar-refractivity contribution in [1.29, 1.82) is 0 Å². The molecular formula is C26H34N2O6. The molecule has 1 unspecified atom stereocenters. The minimum atomic E-state index is -1.02. The standard InChI is InChI=1S/C26H34N2O6/c1-2-33-25(31)23(17-16-20-11-5-3-6-12-20)28-22(24(29)30)15-9-10-18-27-26(32)34-19-21-13-7-4-8-14-21/h3-8,11-14,22-23,28H,2,9-10,15-19H2,1H3,(H,27,32)(H,29,30)/t22?,23-/m0/s1. The summed E-state index contributed by atoms with van der Waals surface area (Å²) >= 11 is 0. The summed E-state index contributed by atoms with van der Waals surface area (Å²) in [6, 6.07) is 17.5. The van der Waals surface area contributed by atoms with Crippen LogP contribution in [0.25, 0.3) is 0 Å². The van der Waals surface area contributed by atoms with Crippen LogP contribution in [-0.4, -0.2) is 48.4 Å². The predicted octanol–water partition coefficient (Wildman–Crippen LogP) is 3.69. The highest BCUT2D eigenvalue weighted by Crippen LogP contribution is 2.10. The molecule has 2 aromatic rings. The molecule has 0 bridgehead atoms. The molecule has 184 valence electrons. The van der Waals surface area contributed by atoms with E-state index in [1.807, 2.05) is 60.7 Å². The number of aryl methyl sites for hydroxylation is 1. The Morgan fingerprint density at radius 3 is 2.12 bits per heavy atom. The van der Waals surface area contributed by atoms with E-state index in [0.29, 0.717) is 38.6 Å². The van der Waals surface area contributed by atoms with Gasteiger partial charge in [-0.05, 0) is 50.2 Å². The molecule has 0 aromatic heterocycles. The Kier molecular flexibility index (Phi) is 12.2. The van der Waals surface area contributed by atoms with Gasteiger partial charge < -0.3 is 19.9 Å². The van der Waals surface area contributed by atoms with Gasteiger partial charge in [-0.2, -0.15) is 0 Å². The Morgan fingerprint density at radius 2 is 1.50 bits per heavy atom. The third-order valence-electron chi connectivity index (χ3n) is 5.24. The van der Waals surface area contributed by atoms with Gasteiger partial charge in [-0.1, -0.05) is 60.7 Å². The number of hydrogen-bond donors (Lipinski definition) is 3. The fourth-order valence-electron chi connectivity index (χ4n) is 3.43. The summed E-state index contributed by atoms with van der Waals surface area (Å²) in [5, 5.41) is 15.3. The lowest BCUT2D eigenvalue weighted by Gasteiger charge is -2.22. The Morgan fingerprint density at radius 1 is 0.853 bits per heavy atom. The second kappa shape index (κ2) is 15.4. The Labute approximate surface area is 200 Å². The lowest BCUT2D eigenvalue weighted by atomic mass is 10.0. The van der Waals surface area contributed by atoms with Gasteiger partial charge >= 0.3 is 18.0 Å². The molecule has 0 saturated carbocycles. The number of amides is 1. The van der Waals surface area contributed by atoms with E-state index in [-0.39, 0.29) is 13.2 Å². The summed E-state index contributed by atoms with van der Waals surface area (Å²) in [5.41, 5.74) is 1.96. The molecule has 2 aromatic carbocycles. The molecule has 2 rings (SSSR count). The molecule has 0 aliphatic heterocycles. The Hall–Kier alpha value is -3.39. The number of hydrogen-bond acceptors (Lipinski definition) is 6. The number of carboxylic acids is 1. The highest BCUT2D eigenvalue weighted by atomic mass is 16.5. The third-order valence-corrected chi connectivity index (χ3v) is 5.24. The van der Waals surface area contributed by atoms with Crippen molar-refractivity contribution in [2.24, 2.45) is 0 Å². The molecule has 0 aliphatic carbocycles. The van der Waals surface area contributed by atoms with E-state index in [0.717, 1.165) is 11.1 Å². The van der Waals surface area contributed by atoms with Gasteiger partial charge in [0.1, 0.15) is 18.7 Å². The van der Waals surface area contributed by atoms with Gasteiger partial charge in [0, 0.05) is 6.54 Å². The SMILES string of the molecule is CCOC(=O)[C@H](CCc1ccccc1)NC(CCCCNC(=O)OCc1ccccc1)C(=O)O. The zero-order valence-corrected chi connectivity index (χ0v) is 19.6. The molecule has 0 saturated heterocycles. The molecule has 0 spiro atoms. The van der Waals surface area contributed by atoms with Crippen LogP contribution in [0, 0.1) is 0 Å². The molecule has 8 heteroatoms. The van der Waals surface area contributed by atoms with Crippen LogP contribution in [0.3, 0.4) is 0 Å². The average molecular weight is 471 g/mol. The van der Waals surface area contributed by atoms with Gasteiger partial charge in [0.15, 0.2) is 0 Å². The fraction of sp³-hybridized carbons (Fsp3) is 0.423. The molecule has 0 radical (unpaired) electrons. The summed E-state index contributed by atoms with van der Waals surface area (Å²) in [6.45, 7) is 2.51. The number of carboxylic acid groups (broad SMARTS) is 1. The number of ether oxygens (including phenoxy) is 2. The molecule has 0 fully saturated rings. The molecule has 2 atom stereocenters. The molecule has 1 amide bonds. The van der Waals surface area contributed by atoms with Crippen LogP contribution in [0.1, 0.15) is 43.7 Å². The number of esters is 1. The van der Waals surface area contributed by atoms with E-state index in [4.69, 9.17) is 9.47 Å². The number of alkyl carbamates (subject to hydrolysis) is 1. The van der Waals surface area contributed by atoms with E-state index in [1.54, 1.807) is 6.92 Å². The minimum Gasteiger partial charge on any atom is -0.480 e. The first-order valence-electron chi connectivity index (χ1n) is 11.6. The van der Waals surface area contributed by atoms with Crippen molar-refractivity contribution in [2.45, 2.75) is 57.7 Å². The van der Waals surface area contributed by atoms with Crippen molar-refractivity contribution in [3.05, 3.63) is 71.8 Å². The topological polar surface area (TPSA) is 114 Å². The van der Waals surface area contributed by atoms with Crippen LogP contribution < -0.4 is 10.6 Å². The van der Waals surface area contributed by atoms with Crippen molar-refractivity contribution < 1.29 is 29.0 Å². The summed E-state index contributed by atoms with van der Waals surface area (Å²) < 4.78 is 10.3. The lowest BCUT2D eigenvalue weighted by molar-refractivity contribution is -0.147. The number of aliphatic carboxylic acids is 1. The van der Waals surface area contributed by atoms with Crippen molar-refractivity contribution in [3.8, 4) is 0 Å². The average Bonchev–Trinajstić information content (AvgIpc) is 2.85. The number of unbranched alkanes of at least 4 members (excludes halogenated alkanes) is 1. The molecule has 0 heterocycles. The zero-order valence-electron chi connectivity index (χ0n) is 19.6. The molecular weight excluding hydrogens is 436 g/mol. The third kappa shape index (κ3) is 10.5. The molecule has 0 aliphatic rings. The van der Waals surface area contributed by atoms with E-state index >= 15 is 0 Å². The first-order valence-corrected chi connectivity index (χ1v) is 11.6. The van der Waals surface area contributed by atoms with Crippen molar-refractivity contribution >= 4 is 18.0 Å². The van der Waals surface area contributed by atoms with Gasteiger partial charge in [0.2, 0.25) is 0 Å². The second-order valence-corrected chi connectivity index (χ2v) is 7.87. The van der Waals surface area contributed by atoms with Crippen molar-refractivity contribution in [2.75, 3.05) is 13.2 Å². The number of rotatable bonds is 15. The summed E-state index contributed by atoms with van der Waals surface area (Å²) in [7, 11) is 0. The van der Waals surface area contributed by atoms with Crippen LogP contribution in [-0.2, 0) is 32.1 Å². The maximum atomic E-state index is 12.4. The van der Waals surface area contributed by atoms with Crippen LogP contribution in [0.5, 0.6) is 0 Å². The fourth-order valence-corrected chi connectivity index (χ4v) is 3.43. The maximum Gasteiger partial charge on any atom is 0.407 e. The molecule has 34 heavy (non-hydrogen) atoms. The molecule has 8 nitrogen and oxygen atoms in total. The Balaban J connectivity index is 1.75. The van der Waals surface area contributed by atoms with E-state index in [2.05, 4.69) is 10.6 Å². The van der Waals surface area contributed by atoms with Crippen LogP contribution in [0.2, 0.25) is 0 Å². The largest absolute Gasteiger partial charge is 0.480 e. The van der Waals surface area contributed by atoms with Crippen LogP contribution in [0.4, 0.5) is 4.79 Å². The van der Waals surface area contributed by atoms with Crippen LogP contribution in [0.15, 0.2) is 60.7 Å². The van der Waals surface area contributed by atoms with Crippen LogP contribution >= 0.6 is 0 Å². The highest BCUT2D eigenvalue weighted by molar-refractivity contribution is 5.78. The van der Waals surface area contributed by atoms with Gasteiger partial charge in [0.05, 0.1) is 6.61 Å². The summed E-state index contributed by atoms with van der Waals surface area (Å²) in [4.78, 5) is 36.0. The number of benzene rings is 2. The zero-order chi connectivity index (χ0) is 24.6. The normalized spacial score (nSPS) is 12.4. The first kappa shape index (κ1) is 26.9. The van der Waals surface area contributed by atoms with Gasteiger partial charge in [-0.3, -0.25) is 14.9 Å². The Bertz CT molecular complexity index is 875. The smallest absolute Gasteiger partial charge is 0.407 e. The quantitative estimate of drug-likeness (QED) is 0.269. The van der Waals surface area contributed by atoms with E-state index < -0.39 is 30.1 Å². The maximum absolute atomic E-state index is 12.4. The van der Waals surface area contributed by atoms with Gasteiger partial charge in [-0.15, -0.1) is 0 Å². The van der Waals surface area contributed by atoms with Gasteiger partial charge in [0.25, 0.3) is 0 Å². The number of nitrogens with one attached hydrogen (secondary N) is 2. The first-order chi connectivity index (χ1) is 16.5. The van der Waals surface area contributed by atoms with Crippen molar-refractivity contribution in [1.82, 2.24) is 10.6 Å². The van der Waals surface area contributed by atoms with E-state index in [9.17, 15) is 19.5 Å². The highest BCUT2D eigenvalue weighted by Gasteiger charge is 2.26. The minimum absolute atomic E-state index is 0.190. The number of carbonyl (C=O) groups is 3. The molecule has 3 N–H and O–H groups in total. The summed E-state index contributed by atoms with van der Waals surface area (Å²) in [5.74, 6) is -1.48. The summed E-state index contributed by atoms with van der Waals surface area (Å²) in [6.07, 6.45) is 1.99. The monoisotopic (exact) mass is 470 g/mol. The lowest BCUT2D eigenvalue weighted by Crippen LogP contribution is -2.48. The number of carbonyl (C=O) groups excluding carboxylic acids is 2. The van der Waals surface area contributed by atoms with E-state index in [1.165, 1.54) is 0 Å². The second-order valence-electron chi connectivity index (χ2n) is 7.87.